The van der Waals surface area contributed by atoms with Crippen LogP contribution < -0.4 is 5.32 Å². The molecule has 0 saturated heterocycles. The van der Waals surface area contributed by atoms with Crippen LogP contribution in [0.3, 0.4) is 0 Å². The summed E-state index contributed by atoms with van der Waals surface area (Å²) in [5, 5.41) is 30.4. The van der Waals surface area contributed by atoms with Gasteiger partial charge in [0.15, 0.2) is 0 Å². The summed E-state index contributed by atoms with van der Waals surface area (Å²) in [6, 6.07) is 0. The monoisotopic (exact) mass is 205 g/mol. The predicted molar refractivity (Wildman–Crippen MR) is 56.1 cm³/mol. The second-order valence-electron chi connectivity index (χ2n) is 4.20. The molecule has 0 heterocycles. The molecule has 14 heavy (non-hydrogen) atoms. The molecule has 0 fully saturated rings. The number of hydrogen-bond acceptors (Lipinski definition) is 4. The van der Waals surface area contributed by atoms with Crippen molar-refractivity contribution in [2.75, 3.05) is 26.3 Å². The van der Waals surface area contributed by atoms with Crippen LogP contribution in [0.4, 0.5) is 0 Å². The van der Waals surface area contributed by atoms with Gasteiger partial charge in [-0.2, -0.15) is 0 Å². The van der Waals surface area contributed by atoms with Gasteiger partial charge >= 0.3 is 0 Å². The number of nitrogens with one attached hydrogen (secondary N) is 1. The zero-order valence-electron chi connectivity index (χ0n) is 9.16. The van der Waals surface area contributed by atoms with Gasteiger partial charge in [-0.15, -0.1) is 0 Å². The lowest BCUT2D eigenvalue weighted by Gasteiger charge is -2.25. The normalized spacial score (nSPS) is 14.4. The highest BCUT2D eigenvalue weighted by molar-refractivity contribution is 4.75. The molecule has 0 aromatic rings. The minimum absolute atomic E-state index is 0.0552. The molecule has 0 aromatic heterocycles. The molecule has 0 aromatic carbocycles. The maximum absolute atomic E-state index is 9.40. The third-order valence-electron chi connectivity index (χ3n) is 2.32. The lowest BCUT2D eigenvalue weighted by atomic mass is 9.93. The van der Waals surface area contributed by atoms with E-state index < -0.39 is 5.41 Å². The Morgan fingerprint density at radius 2 is 1.86 bits per heavy atom. The molecule has 0 spiro atoms. The van der Waals surface area contributed by atoms with Gasteiger partial charge in [0.25, 0.3) is 0 Å². The van der Waals surface area contributed by atoms with Crippen molar-refractivity contribution in [3.63, 3.8) is 0 Å². The third-order valence-corrected chi connectivity index (χ3v) is 2.32. The molecular weight excluding hydrogens is 182 g/mol. The van der Waals surface area contributed by atoms with E-state index in [4.69, 9.17) is 10.2 Å². The van der Waals surface area contributed by atoms with Crippen LogP contribution >= 0.6 is 0 Å². The highest BCUT2D eigenvalue weighted by atomic mass is 16.3. The molecule has 86 valence electrons. The van der Waals surface area contributed by atoms with Crippen LogP contribution in [0.5, 0.6) is 0 Å². The maximum atomic E-state index is 9.40. The number of aliphatic hydroxyl groups excluding tert-OH is 3. The van der Waals surface area contributed by atoms with Crippen LogP contribution in [0, 0.1) is 5.41 Å². The highest BCUT2D eigenvalue weighted by Gasteiger charge is 2.21. The van der Waals surface area contributed by atoms with E-state index in [1.165, 1.54) is 0 Å². The van der Waals surface area contributed by atoms with Crippen molar-refractivity contribution in [3.8, 4) is 0 Å². The summed E-state index contributed by atoms with van der Waals surface area (Å²) in [7, 11) is 0. The molecule has 0 amide bonds. The number of rotatable bonds is 8. The van der Waals surface area contributed by atoms with Gasteiger partial charge < -0.3 is 20.6 Å². The Morgan fingerprint density at radius 1 is 1.29 bits per heavy atom. The first kappa shape index (κ1) is 13.8. The van der Waals surface area contributed by atoms with Gasteiger partial charge in [-0.05, 0) is 6.42 Å². The molecule has 0 radical (unpaired) electrons. The first-order valence-electron chi connectivity index (χ1n) is 5.18. The first-order chi connectivity index (χ1) is 6.58. The fourth-order valence-corrected chi connectivity index (χ4v) is 1.14. The van der Waals surface area contributed by atoms with E-state index in [1.54, 1.807) is 6.92 Å². The predicted octanol–water partition coefficient (Wildman–Crippen LogP) is -0.272. The van der Waals surface area contributed by atoms with Crippen LogP contribution in [0.1, 0.15) is 26.7 Å². The van der Waals surface area contributed by atoms with Gasteiger partial charge in [0.2, 0.25) is 0 Å². The van der Waals surface area contributed by atoms with E-state index >= 15 is 0 Å². The molecular formula is C10H23NO3. The van der Waals surface area contributed by atoms with Gasteiger partial charge in [0.1, 0.15) is 0 Å². The van der Waals surface area contributed by atoms with E-state index in [0.717, 1.165) is 12.8 Å². The average molecular weight is 205 g/mol. The number of aliphatic hydroxyl groups is 3. The summed E-state index contributed by atoms with van der Waals surface area (Å²) in [4.78, 5) is 0. The Bertz CT molecular complexity index is 137. The molecule has 1 unspecified atom stereocenters. The quantitative estimate of drug-likeness (QED) is 0.440. The van der Waals surface area contributed by atoms with Crippen LogP contribution in [0.2, 0.25) is 0 Å². The van der Waals surface area contributed by atoms with E-state index in [1.807, 2.05) is 6.92 Å². The second kappa shape index (κ2) is 7.17. The third kappa shape index (κ3) is 5.54. The standard InChI is InChI=1S/C10H23NO3/c1-3-4-9(14)5-11-6-10(2,7-12)8-13/h9,11-14H,3-8H2,1-2H3. The molecule has 1 atom stereocenters. The summed E-state index contributed by atoms with van der Waals surface area (Å²) in [5.41, 5.74) is -0.494. The molecule has 0 bridgehead atoms. The molecule has 0 aliphatic carbocycles. The van der Waals surface area contributed by atoms with E-state index in [9.17, 15) is 5.11 Å². The Labute approximate surface area is 86.0 Å². The van der Waals surface area contributed by atoms with E-state index in [-0.39, 0.29) is 19.3 Å². The molecule has 4 N–H and O–H groups in total. The van der Waals surface area contributed by atoms with Crippen LogP contribution in [-0.4, -0.2) is 47.7 Å². The lowest BCUT2D eigenvalue weighted by Crippen LogP contribution is -2.40. The van der Waals surface area contributed by atoms with Gasteiger partial charge in [-0.3, -0.25) is 0 Å². The van der Waals surface area contributed by atoms with Crippen molar-refractivity contribution >= 4 is 0 Å². The highest BCUT2D eigenvalue weighted by Crippen LogP contribution is 2.11. The molecule has 0 aliphatic heterocycles. The summed E-state index contributed by atoms with van der Waals surface area (Å²) in [6.45, 7) is 4.74. The van der Waals surface area contributed by atoms with Gasteiger partial charge in [0, 0.05) is 18.5 Å². The largest absolute Gasteiger partial charge is 0.396 e. The minimum atomic E-state index is -0.494. The Balaban J connectivity index is 3.61. The van der Waals surface area contributed by atoms with Crippen molar-refractivity contribution < 1.29 is 15.3 Å². The molecule has 4 heteroatoms. The van der Waals surface area contributed by atoms with Crippen molar-refractivity contribution in [2.24, 2.45) is 5.41 Å². The fourth-order valence-electron chi connectivity index (χ4n) is 1.14. The smallest absolute Gasteiger partial charge is 0.0664 e. The van der Waals surface area contributed by atoms with Crippen molar-refractivity contribution in [3.05, 3.63) is 0 Å². The van der Waals surface area contributed by atoms with E-state index in [2.05, 4.69) is 5.32 Å². The summed E-state index contributed by atoms with van der Waals surface area (Å²) in [5.74, 6) is 0. The minimum Gasteiger partial charge on any atom is -0.396 e. The fraction of sp³-hybridized carbons (Fsp3) is 1.00. The molecule has 0 aliphatic rings. The van der Waals surface area contributed by atoms with E-state index in [0.29, 0.717) is 13.1 Å². The Hall–Kier alpha value is -0.160. The van der Waals surface area contributed by atoms with Crippen LogP contribution in [-0.2, 0) is 0 Å². The van der Waals surface area contributed by atoms with Crippen LogP contribution in [0.15, 0.2) is 0 Å². The lowest BCUT2D eigenvalue weighted by molar-refractivity contribution is 0.0650. The molecule has 0 rings (SSSR count). The summed E-state index contributed by atoms with van der Waals surface area (Å²) >= 11 is 0. The second-order valence-corrected chi connectivity index (χ2v) is 4.20. The SMILES string of the molecule is CCCC(O)CNCC(C)(CO)CO. The summed E-state index contributed by atoms with van der Waals surface area (Å²) in [6.07, 6.45) is 1.41. The van der Waals surface area contributed by atoms with Gasteiger partial charge in [0.05, 0.1) is 19.3 Å². The van der Waals surface area contributed by atoms with Crippen LogP contribution in [0.25, 0.3) is 0 Å². The topological polar surface area (TPSA) is 72.7 Å². The number of hydrogen-bond donors (Lipinski definition) is 4. The van der Waals surface area contributed by atoms with Gasteiger partial charge in [-0.1, -0.05) is 20.3 Å². The molecule has 4 nitrogen and oxygen atoms in total. The zero-order chi connectivity index (χ0) is 11.0. The van der Waals surface area contributed by atoms with Crippen molar-refractivity contribution in [2.45, 2.75) is 32.8 Å². The first-order valence-corrected chi connectivity index (χ1v) is 5.18. The van der Waals surface area contributed by atoms with Gasteiger partial charge in [-0.25, -0.2) is 0 Å². The Morgan fingerprint density at radius 3 is 2.29 bits per heavy atom. The molecule has 0 saturated carbocycles. The maximum Gasteiger partial charge on any atom is 0.0664 e. The summed E-state index contributed by atoms with van der Waals surface area (Å²) < 4.78 is 0. The Kier molecular flexibility index (Phi) is 7.09. The van der Waals surface area contributed by atoms with Crippen molar-refractivity contribution in [1.29, 1.82) is 0 Å². The van der Waals surface area contributed by atoms with Crippen molar-refractivity contribution in [1.82, 2.24) is 5.32 Å². The average Bonchev–Trinajstić information content (AvgIpc) is 2.18. The zero-order valence-corrected chi connectivity index (χ0v) is 9.16.